The van der Waals surface area contributed by atoms with Gasteiger partial charge >= 0.3 is 5.97 Å². The number of carbonyl (C=O) groups is 1. The Morgan fingerprint density at radius 2 is 2.08 bits per heavy atom. The Labute approximate surface area is 137 Å². The van der Waals surface area contributed by atoms with Crippen molar-refractivity contribution in [3.05, 3.63) is 58.1 Å². The van der Waals surface area contributed by atoms with Crippen LogP contribution in [-0.2, 0) is 11.3 Å². The van der Waals surface area contributed by atoms with Gasteiger partial charge in [-0.05, 0) is 44.2 Å². The second kappa shape index (κ2) is 6.31. The number of aromatic nitrogens is 2. The maximum atomic E-state index is 13.6. The van der Waals surface area contributed by atoms with Crippen molar-refractivity contribution >= 4 is 16.9 Å². The molecule has 0 aliphatic heterocycles. The lowest BCUT2D eigenvalue weighted by Crippen LogP contribution is -2.24. The number of fused-ring (bicyclic) bond motifs is 1. The molecule has 0 spiro atoms. The summed E-state index contributed by atoms with van der Waals surface area (Å²) in [7, 11) is 0. The minimum absolute atomic E-state index is 0.0840. The summed E-state index contributed by atoms with van der Waals surface area (Å²) in [4.78, 5) is 28.3. The molecule has 2 aromatic heterocycles. The molecule has 0 bridgehead atoms. The second-order valence-corrected chi connectivity index (χ2v) is 5.26. The van der Waals surface area contributed by atoms with E-state index < -0.39 is 17.2 Å². The molecular weight excluding hydrogens is 311 g/mol. The van der Waals surface area contributed by atoms with Gasteiger partial charge < -0.3 is 14.3 Å². The Morgan fingerprint density at radius 1 is 1.29 bits per heavy atom. The van der Waals surface area contributed by atoms with Crippen LogP contribution in [0.15, 0.2) is 41.3 Å². The average molecular weight is 328 g/mol. The van der Waals surface area contributed by atoms with Gasteiger partial charge in [0, 0.05) is 18.1 Å². The highest BCUT2D eigenvalue weighted by Crippen LogP contribution is 2.26. The van der Waals surface area contributed by atoms with Crippen molar-refractivity contribution in [1.82, 2.24) is 9.55 Å². The van der Waals surface area contributed by atoms with E-state index in [0.29, 0.717) is 23.4 Å². The zero-order valence-corrected chi connectivity index (χ0v) is 13.4. The fourth-order valence-corrected chi connectivity index (χ4v) is 2.90. The van der Waals surface area contributed by atoms with Crippen molar-refractivity contribution < 1.29 is 13.9 Å². The predicted octanol–water partition coefficient (Wildman–Crippen LogP) is 3.33. The summed E-state index contributed by atoms with van der Waals surface area (Å²) >= 11 is 0. The lowest BCUT2D eigenvalue weighted by Gasteiger charge is -2.18. The summed E-state index contributed by atoms with van der Waals surface area (Å²) in [6, 6.07) is 7.57. The van der Waals surface area contributed by atoms with Gasteiger partial charge in [-0.15, -0.1) is 0 Å². The standard InChI is InChI=1S/C18H17FN2O3/c1-3-21-14-8-7-11(19)10-12(14)17(22)15(18(23)24-4-2)16(21)13-6-5-9-20-13/h5-10,20H,3-4H2,1-2H3. The van der Waals surface area contributed by atoms with Gasteiger partial charge in [0.1, 0.15) is 11.4 Å². The summed E-state index contributed by atoms with van der Waals surface area (Å²) in [5.74, 6) is -1.23. The van der Waals surface area contributed by atoms with Crippen molar-refractivity contribution in [2.75, 3.05) is 6.61 Å². The molecule has 0 unspecified atom stereocenters. The van der Waals surface area contributed by atoms with Crippen molar-refractivity contribution in [3.8, 4) is 11.4 Å². The smallest absolute Gasteiger partial charge is 0.344 e. The molecule has 0 amide bonds. The van der Waals surface area contributed by atoms with Gasteiger partial charge in [0.15, 0.2) is 0 Å². The summed E-state index contributed by atoms with van der Waals surface area (Å²) in [5.41, 5.74) is 1.03. The zero-order chi connectivity index (χ0) is 17.3. The van der Waals surface area contributed by atoms with E-state index in [1.807, 2.05) is 11.5 Å². The largest absolute Gasteiger partial charge is 0.462 e. The molecule has 1 N–H and O–H groups in total. The fourth-order valence-electron chi connectivity index (χ4n) is 2.90. The molecule has 0 saturated carbocycles. The molecule has 0 aliphatic carbocycles. The number of aromatic amines is 1. The molecule has 5 nitrogen and oxygen atoms in total. The summed E-state index contributed by atoms with van der Waals surface area (Å²) in [6.45, 7) is 4.22. The van der Waals surface area contributed by atoms with E-state index >= 15 is 0 Å². The minimum atomic E-state index is -0.708. The van der Waals surface area contributed by atoms with E-state index in [1.54, 1.807) is 31.3 Å². The van der Waals surface area contributed by atoms with Gasteiger partial charge in [-0.3, -0.25) is 4.79 Å². The third-order valence-corrected chi connectivity index (χ3v) is 3.88. The molecule has 124 valence electrons. The lowest BCUT2D eigenvalue weighted by molar-refractivity contribution is 0.0525. The Hall–Kier alpha value is -2.89. The van der Waals surface area contributed by atoms with Crippen LogP contribution in [0.1, 0.15) is 24.2 Å². The first-order valence-electron chi connectivity index (χ1n) is 7.75. The van der Waals surface area contributed by atoms with Gasteiger partial charge in [-0.25, -0.2) is 9.18 Å². The molecule has 6 heteroatoms. The maximum absolute atomic E-state index is 13.6. The quantitative estimate of drug-likeness (QED) is 0.747. The van der Waals surface area contributed by atoms with Crippen molar-refractivity contribution in [1.29, 1.82) is 0 Å². The lowest BCUT2D eigenvalue weighted by atomic mass is 10.0. The molecule has 0 aliphatic rings. The van der Waals surface area contributed by atoms with Crippen LogP contribution in [0.3, 0.4) is 0 Å². The number of pyridine rings is 1. The van der Waals surface area contributed by atoms with Crippen molar-refractivity contribution in [2.45, 2.75) is 20.4 Å². The number of halogens is 1. The number of aryl methyl sites for hydroxylation is 1. The highest BCUT2D eigenvalue weighted by molar-refractivity contribution is 6.00. The first-order valence-corrected chi connectivity index (χ1v) is 7.75. The molecule has 0 fully saturated rings. The van der Waals surface area contributed by atoms with Crippen LogP contribution in [0.25, 0.3) is 22.3 Å². The molecule has 3 aromatic rings. The van der Waals surface area contributed by atoms with Crippen LogP contribution >= 0.6 is 0 Å². The van der Waals surface area contributed by atoms with Crippen LogP contribution < -0.4 is 5.43 Å². The number of hydrogen-bond donors (Lipinski definition) is 1. The molecule has 2 heterocycles. The number of nitrogens with zero attached hydrogens (tertiary/aromatic N) is 1. The minimum Gasteiger partial charge on any atom is -0.462 e. The van der Waals surface area contributed by atoms with Gasteiger partial charge in [0.05, 0.1) is 23.5 Å². The highest BCUT2D eigenvalue weighted by Gasteiger charge is 2.24. The number of esters is 1. The van der Waals surface area contributed by atoms with Gasteiger partial charge in [0.25, 0.3) is 0 Å². The SMILES string of the molecule is CCOC(=O)c1c(-c2ccc[nH]2)n(CC)c2ccc(F)cc2c1=O. The number of ether oxygens (including phenoxy) is 1. The summed E-state index contributed by atoms with van der Waals surface area (Å²) < 4.78 is 20.5. The first-order chi connectivity index (χ1) is 11.6. The molecule has 3 rings (SSSR count). The van der Waals surface area contributed by atoms with E-state index in [2.05, 4.69) is 4.98 Å². The van der Waals surface area contributed by atoms with Gasteiger partial charge in [-0.2, -0.15) is 0 Å². The molecule has 0 saturated heterocycles. The van der Waals surface area contributed by atoms with Crippen LogP contribution in [-0.4, -0.2) is 22.1 Å². The Morgan fingerprint density at radius 3 is 2.71 bits per heavy atom. The molecular formula is C18H17FN2O3. The monoisotopic (exact) mass is 328 g/mol. The number of H-pyrrole nitrogens is 1. The number of hydrogen-bond acceptors (Lipinski definition) is 3. The predicted molar refractivity (Wildman–Crippen MR) is 89.6 cm³/mol. The Balaban J connectivity index is 2.49. The molecule has 0 atom stereocenters. The number of carbonyl (C=O) groups excluding carboxylic acids is 1. The number of rotatable bonds is 4. The van der Waals surface area contributed by atoms with Crippen LogP contribution in [0.4, 0.5) is 4.39 Å². The third kappa shape index (κ3) is 2.50. The third-order valence-electron chi connectivity index (χ3n) is 3.88. The van der Waals surface area contributed by atoms with E-state index in [9.17, 15) is 14.0 Å². The Kier molecular flexibility index (Phi) is 4.20. The fraction of sp³-hybridized carbons (Fsp3) is 0.222. The van der Waals surface area contributed by atoms with Gasteiger partial charge in [0.2, 0.25) is 5.43 Å². The van der Waals surface area contributed by atoms with Gasteiger partial charge in [-0.1, -0.05) is 0 Å². The average Bonchev–Trinajstić information content (AvgIpc) is 3.09. The van der Waals surface area contributed by atoms with Crippen LogP contribution in [0.2, 0.25) is 0 Å². The van der Waals surface area contributed by atoms with E-state index in [-0.39, 0.29) is 17.6 Å². The van der Waals surface area contributed by atoms with Crippen molar-refractivity contribution in [2.24, 2.45) is 0 Å². The normalized spacial score (nSPS) is 11.0. The first kappa shape index (κ1) is 16.0. The molecule has 1 aromatic carbocycles. The van der Waals surface area contributed by atoms with E-state index in [4.69, 9.17) is 4.74 Å². The van der Waals surface area contributed by atoms with E-state index in [0.717, 1.165) is 6.07 Å². The number of benzene rings is 1. The zero-order valence-electron chi connectivity index (χ0n) is 13.4. The summed E-state index contributed by atoms with van der Waals surface area (Å²) in [6.07, 6.45) is 1.71. The molecule has 0 radical (unpaired) electrons. The highest BCUT2D eigenvalue weighted by atomic mass is 19.1. The van der Waals surface area contributed by atoms with E-state index in [1.165, 1.54) is 6.07 Å². The second-order valence-electron chi connectivity index (χ2n) is 5.26. The maximum Gasteiger partial charge on any atom is 0.344 e. The van der Waals surface area contributed by atoms with Crippen LogP contribution in [0, 0.1) is 5.82 Å². The topological polar surface area (TPSA) is 64.1 Å². The summed E-state index contributed by atoms with van der Waals surface area (Å²) in [5, 5.41) is 0.162. The molecule has 24 heavy (non-hydrogen) atoms. The van der Waals surface area contributed by atoms with Crippen molar-refractivity contribution in [3.63, 3.8) is 0 Å². The van der Waals surface area contributed by atoms with Crippen LogP contribution in [0.5, 0.6) is 0 Å². The number of nitrogens with one attached hydrogen (secondary N) is 1. The Bertz CT molecular complexity index is 959.